The van der Waals surface area contributed by atoms with E-state index in [0.717, 1.165) is 12.1 Å². The van der Waals surface area contributed by atoms with Gasteiger partial charge in [-0.2, -0.15) is 13.2 Å². The number of rotatable bonds is 5. The Bertz CT molecular complexity index is 507. The van der Waals surface area contributed by atoms with Crippen LogP contribution in [-0.4, -0.2) is 42.0 Å². The van der Waals surface area contributed by atoms with Crippen LogP contribution in [0.15, 0.2) is 22.7 Å². The highest BCUT2D eigenvalue weighted by atomic mass is 79.9. The summed E-state index contributed by atoms with van der Waals surface area (Å²) >= 11 is 2.72. The van der Waals surface area contributed by atoms with Gasteiger partial charge >= 0.3 is 6.18 Å². The molecule has 0 aliphatic carbocycles. The van der Waals surface area contributed by atoms with E-state index in [1.54, 1.807) is 0 Å². The van der Waals surface area contributed by atoms with Gasteiger partial charge in [-0.05, 0) is 18.2 Å². The van der Waals surface area contributed by atoms with Crippen molar-refractivity contribution < 1.29 is 31.9 Å². The molecule has 0 saturated carbocycles. The van der Waals surface area contributed by atoms with Gasteiger partial charge in [-0.1, -0.05) is 15.9 Å². The first kappa shape index (κ1) is 17.8. The Labute approximate surface area is 125 Å². The zero-order valence-corrected chi connectivity index (χ0v) is 12.1. The van der Waals surface area contributed by atoms with Gasteiger partial charge in [0.25, 0.3) is 12.3 Å². The molecule has 1 amide bonds. The molecule has 0 heterocycles. The molecule has 0 aliphatic rings. The summed E-state index contributed by atoms with van der Waals surface area (Å²) in [5, 5.41) is 8.75. The summed E-state index contributed by atoms with van der Waals surface area (Å²) in [4.78, 5) is 12.6. The molecule has 1 N–H and O–H groups in total. The lowest BCUT2D eigenvalue weighted by Gasteiger charge is -2.22. The van der Waals surface area contributed by atoms with Gasteiger partial charge in [-0.3, -0.25) is 4.79 Å². The minimum atomic E-state index is -4.68. The second-order valence-corrected chi connectivity index (χ2v) is 4.91. The molecule has 0 spiro atoms. The lowest BCUT2D eigenvalue weighted by Crippen LogP contribution is -2.37. The topological polar surface area (TPSA) is 40.5 Å². The summed E-state index contributed by atoms with van der Waals surface area (Å²) in [7, 11) is 0. The molecule has 0 aromatic heterocycles. The van der Waals surface area contributed by atoms with Crippen molar-refractivity contribution in [1.82, 2.24) is 4.90 Å². The van der Waals surface area contributed by atoms with Gasteiger partial charge < -0.3 is 10.0 Å². The lowest BCUT2D eigenvalue weighted by molar-refractivity contribution is -0.138. The molecule has 0 radical (unpaired) electrons. The molecule has 0 unspecified atom stereocenters. The second-order valence-electron chi connectivity index (χ2n) is 4.06. The highest BCUT2D eigenvalue weighted by Gasteiger charge is 2.34. The van der Waals surface area contributed by atoms with Crippen molar-refractivity contribution in [2.75, 3.05) is 19.7 Å². The maximum atomic E-state index is 12.7. The van der Waals surface area contributed by atoms with E-state index >= 15 is 0 Å². The monoisotopic (exact) mass is 375 g/mol. The predicted octanol–water partition coefficient (Wildman–Crippen LogP) is 3.17. The van der Waals surface area contributed by atoms with E-state index in [2.05, 4.69) is 15.9 Å². The van der Waals surface area contributed by atoms with Crippen LogP contribution in [-0.2, 0) is 6.18 Å². The van der Waals surface area contributed by atoms with Crippen LogP contribution in [0.1, 0.15) is 15.9 Å². The number of aliphatic hydroxyl groups excluding tert-OH is 1. The van der Waals surface area contributed by atoms with Gasteiger partial charge in [0.2, 0.25) is 0 Å². The number of aliphatic hydroxyl groups is 1. The van der Waals surface area contributed by atoms with Gasteiger partial charge in [0.15, 0.2) is 0 Å². The van der Waals surface area contributed by atoms with Crippen LogP contribution in [0.5, 0.6) is 0 Å². The van der Waals surface area contributed by atoms with Crippen LogP contribution >= 0.6 is 15.9 Å². The zero-order valence-electron chi connectivity index (χ0n) is 10.5. The molecule has 0 saturated heterocycles. The number of halogens is 6. The number of hydrogen-bond acceptors (Lipinski definition) is 2. The molecule has 1 rings (SSSR count). The Morgan fingerprint density at radius 3 is 2.43 bits per heavy atom. The average Bonchev–Trinajstić information content (AvgIpc) is 2.36. The normalized spacial score (nSPS) is 11.8. The van der Waals surface area contributed by atoms with Gasteiger partial charge in [-0.25, -0.2) is 8.78 Å². The number of hydrogen-bond donors (Lipinski definition) is 1. The van der Waals surface area contributed by atoms with E-state index in [1.807, 2.05) is 0 Å². The van der Waals surface area contributed by atoms with Crippen LogP contribution in [0, 0.1) is 0 Å². The Morgan fingerprint density at radius 2 is 1.95 bits per heavy atom. The highest BCUT2D eigenvalue weighted by Crippen LogP contribution is 2.35. The summed E-state index contributed by atoms with van der Waals surface area (Å²) in [5.74, 6) is -0.998. The fourth-order valence-electron chi connectivity index (χ4n) is 1.62. The number of alkyl halides is 5. The Balaban J connectivity index is 3.11. The molecular weight excluding hydrogens is 365 g/mol. The predicted molar refractivity (Wildman–Crippen MR) is 68.1 cm³/mol. The van der Waals surface area contributed by atoms with Crippen molar-refractivity contribution in [1.29, 1.82) is 0 Å². The summed E-state index contributed by atoms with van der Waals surface area (Å²) in [6, 6.07) is 2.70. The van der Waals surface area contributed by atoms with Crippen molar-refractivity contribution >= 4 is 21.8 Å². The average molecular weight is 376 g/mol. The minimum absolute atomic E-state index is 0.255. The van der Waals surface area contributed by atoms with E-state index in [9.17, 15) is 26.7 Å². The number of nitrogens with zero attached hydrogens (tertiary/aromatic N) is 1. The molecule has 1 aromatic carbocycles. The van der Waals surface area contributed by atoms with Gasteiger partial charge in [0.05, 0.1) is 18.7 Å². The van der Waals surface area contributed by atoms with Crippen LogP contribution in [0.4, 0.5) is 22.0 Å². The SMILES string of the molecule is O=C(c1ccc(Br)c(C(F)(F)F)c1)N(CCO)CC(F)F. The first-order valence-electron chi connectivity index (χ1n) is 5.72. The van der Waals surface area contributed by atoms with Gasteiger partial charge in [-0.15, -0.1) is 0 Å². The van der Waals surface area contributed by atoms with Crippen molar-refractivity contribution in [3.05, 3.63) is 33.8 Å². The Kier molecular flexibility index (Phi) is 6.09. The highest BCUT2D eigenvalue weighted by molar-refractivity contribution is 9.10. The number of benzene rings is 1. The molecule has 0 aliphatic heterocycles. The number of carbonyl (C=O) groups is 1. The fraction of sp³-hybridized carbons (Fsp3) is 0.417. The molecule has 0 fully saturated rings. The molecule has 1 aromatic rings. The standard InChI is InChI=1S/C12H11BrF5NO2/c13-9-2-1-7(5-8(9)12(16,17)18)11(21)19(3-4-20)6-10(14)15/h1-2,5,10,20H,3-4,6H2. The Morgan fingerprint density at radius 1 is 1.33 bits per heavy atom. The smallest absolute Gasteiger partial charge is 0.395 e. The molecule has 118 valence electrons. The summed E-state index contributed by atoms with van der Waals surface area (Å²) in [5.41, 5.74) is -1.45. The number of amides is 1. The maximum absolute atomic E-state index is 12.7. The third-order valence-electron chi connectivity index (χ3n) is 2.53. The molecule has 3 nitrogen and oxygen atoms in total. The Hall–Kier alpha value is -1.22. The van der Waals surface area contributed by atoms with E-state index < -0.39 is 37.2 Å². The van der Waals surface area contributed by atoms with Crippen LogP contribution in [0.3, 0.4) is 0 Å². The maximum Gasteiger partial charge on any atom is 0.417 e. The molecular formula is C12H11BrF5NO2. The van der Waals surface area contributed by atoms with E-state index in [-0.39, 0.29) is 16.6 Å². The van der Waals surface area contributed by atoms with Crippen molar-refractivity contribution in [2.24, 2.45) is 0 Å². The summed E-state index contributed by atoms with van der Waals surface area (Å²) in [6.45, 7) is -1.92. The first-order valence-corrected chi connectivity index (χ1v) is 6.51. The van der Waals surface area contributed by atoms with E-state index in [1.165, 1.54) is 0 Å². The summed E-state index contributed by atoms with van der Waals surface area (Å²) < 4.78 is 62.7. The van der Waals surface area contributed by atoms with E-state index in [0.29, 0.717) is 11.0 Å². The van der Waals surface area contributed by atoms with Gasteiger partial charge in [0.1, 0.15) is 0 Å². The zero-order chi connectivity index (χ0) is 16.2. The largest absolute Gasteiger partial charge is 0.417 e. The van der Waals surface area contributed by atoms with Crippen molar-refractivity contribution in [2.45, 2.75) is 12.6 Å². The summed E-state index contributed by atoms with van der Waals surface area (Å²) in [6.07, 6.45) is -7.53. The van der Waals surface area contributed by atoms with Crippen molar-refractivity contribution in [3.8, 4) is 0 Å². The van der Waals surface area contributed by atoms with Crippen LogP contribution in [0.2, 0.25) is 0 Å². The molecule has 0 atom stereocenters. The third-order valence-corrected chi connectivity index (χ3v) is 3.23. The van der Waals surface area contributed by atoms with E-state index in [4.69, 9.17) is 5.11 Å². The minimum Gasteiger partial charge on any atom is -0.395 e. The molecule has 21 heavy (non-hydrogen) atoms. The third kappa shape index (κ3) is 4.92. The fourth-order valence-corrected chi connectivity index (χ4v) is 2.09. The van der Waals surface area contributed by atoms with Crippen LogP contribution in [0.25, 0.3) is 0 Å². The van der Waals surface area contributed by atoms with Crippen LogP contribution < -0.4 is 0 Å². The molecule has 9 heteroatoms. The van der Waals surface area contributed by atoms with Crippen molar-refractivity contribution in [3.63, 3.8) is 0 Å². The lowest BCUT2D eigenvalue weighted by atomic mass is 10.1. The second kappa shape index (κ2) is 7.17. The molecule has 0 bridgehead atoms. The quantitative estimate of drug-likeness (QED) is 0.803. The number of carbonyl (C=O) groups excluding carboxylic acids is 1. The van der Waals surface area contributed by atoms with Gasteiger partial charge in [0, 0.05) is 16.6 Å². The first-order chi connectivity index (χ1) is 9.66.